The Balaban J connectivity index is 1.33. The third-order valence-corrected chi connectivity index (χ3v) is 16.5. The molecule has 0 bridgehead atoms. The van der Waals surface area contributed by atoms with Crippen molar-refractivity contribution in [2.75, 3.05) is 75.3 Å². The molecule has 0 unspecified atom stereocenters. The minimum Gasteiger partial charge on any atom is -0.477 e. The van der Waals surface area contributed by atoms with Gasteiger partial charge >= 0.3 is 11.9 Å². The molecule has 0 saturated carbocycles. The number of hydrogen-bond acceptors (Lipinski definition) is 18. The van der Waals surface area contributed by atoms with Gasteiger partial charge in [-0.15, -0.1) is 0 Å². The summed E-state index contributed by atoms with van der Waals surface area (Å²) in [6.45, 7) is 20.5. The molecule has 0 aliphatic carbocycles. The number of pyridine rings is 1. The number of aliphatic hydroxyl groups is 4. The van der Waals surface area contributed by atoms with E-state index in [2.05, 4.69) is 0 Å². The van der Waals surface area contributed by atoms with Gasteiger partial charge in [-0.2, -0.15) is 0 Å². The first-order valence-corrected chi connectivity index (χ1v) is 27.9. The molecule has 20 heteroatoms. The minimum atomic E-state index is -1.84. The number of aliphatic hydroxyl groups excluding tert-OH is 2. The molecular weight excluding hydrogens is 1010 g/mol. The van der Waals surface area contributed by atoms with Crippen LogP contribution < -0.4 is 5.43 Å². The van der Waals surface area contributed by atoms with Crippen LogP contribution in [0.2, 0.25) is 0 Å². The number of benzene rings is 1. The highest BCUT2D eigenvalue weighted by molar-refractivity contribution is 5.93. The van der Waals surface area contributed by atoms with Gasteiger partial charge in [0.2, 0.25) is 5.43 Å². The summed E-state index contributed by atoms with van der Waals surface area (Å²) < 4.78 is 53.3. The SMILES string of the molecule is CC[C@H]1OC(=O)[C@H](C)[C@@H](O[C@H]2C[C@@](C)(OC)[C@@H](OCCCOCC=Cc3ccc4c(c3)c(=O)c(C(=O)O)cn4CCN(C)C)[C@H](C)O2)[C@H](C)[C@@H](O[C@@H]2O[C@H](C)C[C@H](N(C)C)[C@H]2O)[C@](C)(O)C[C@@H](C)CN(C)[C@H](C)[C@@H](O)[C@]1(C)O. The van der Waals surface area contributed by atoms with E-state index in [0.29, 0.717) is 56.6 Å². The fourth-order valence-corrected chi connectivity index (χ4v) is 11.9. The third-order valence-electron chi connectivity index (χ3n) is 16.5. The average molecular weight is 1110 g/mol. The summed E-state index contributed by atoms with van der Waals surface area (Å²) in [6, 6.07) is 4.54. The fraction of sp³-hybridized carbons (Fsp3) is 0.776. The van der Waals surface area contributed by atoms with Gasteiger partial charge in [0.05, 0.1) is 53.7 Å². The lowest BCUT2D eigenvalue weighted by Crippen LogP contribution is -2.61. The van der Waals surface area contributed by atoms with Gasteiger partial charge in [0, 0.05) is 76.0 Å². The zero-order valence-electron chi connectivity index (χ0n) is 49.4. The summed E-state index contributed by atoms with van der Waals surface area (Å²) in [5, 5.41) is 58.2. The van der Waals surface area contributed by atoms with E-state index in [0.717, 1.165) is 5.56 Å². The molecule has 20 nitrogen and oxygen atoms in total. The number of methoxy groups -OCH3 is 1. The van der Waals surface area contributed by atoms with Crippen molar-refractivity contribution in [1.29, 1.82) is 0 Å². The van der Waals surface area contributed by atoms with Crippen molar-refractivity contribution in [1.82, 2.24) is 19.3 Å². The highest BCUT2D eigenvalue weighted by Crippen LogP contribution is 2.41. The number of carbonyl (C=O) groups excluding carboxylic acids is 1. The van der Waals surface area contributed by atoms with Crippen molar-refractivity contribution in [3.8, 4) is 0 Å². The van der Waals surface area contributed by atoms with Crippen LogP contribution in [0.5, 0.6) is 0 Å². The Labute approximate surface area is 462 Å². The number of carboxylic acid groups (broad SMARTS) is 1. The number of esters is 1. The smallest absolute Gasteiger partial charge is 0.341 e. The van der Waals surface area contributed by atoms with Crippen LogP contribution in [0.15, 0.2) is 35.3 Å². The van der Waals surface area contributed by atoms with Crippen LogP contribution in [0.3, 0.4) is 0 Å². The standard InChI is InChI=1S/C58H96N4O16/c1-17-45-58(10,70)50(65)38(6)61(15)32-34(2)30-56(8,69)51(78-55-48(64)44(60(13)14)28-35(3)74-55)36(4)49(37(5)54(68)76-45)77-46-31-57(9,71-16)52(39(7)75-46)73-27-19-26-72-25-18-20-40-21-22-43-41(29-40)47(63)42(53(66)67)33-62(43)24-23-59(11)12/h18,20-22,29,33-39,44-46,48-52,55,64-65,69-70H,17,19,23-28,30-32H2,1-16H3,(H,66,67)/t34-,35-,36+,37-,38-,39+,44+,45-,46+,48-,49+,50-,51-,52+,55+,56-,57-,58-/m1/s1. The molecule has 1 aromatic heterocycles. The van der Waals surface area contributed by atoms with E-state index in [1.807, 2.05) is 109 Å². The van der Waals surface area contributed by atoms with Crippen LogP contribution >= 0.6 is 0 Å². The molecule has 0 amide bonds. The van der Waals surface area contributed by atoms with Crippen molar-refractivity contribution in [2.45, 2.75) is 198 Å². The number of nitrogens with zero attached hydrogens (tertiary/aromatic N) is 4. The summed E-state index contributed by atoms with van der Waals surface area (Å²) in [4.78, 5) is 45.5. The molecule has 5 N–H and O–H groups in total. The molecule has 0 radical (unpaired) electrons. The van der Waals surface area contributed by atoms with Gasteiger partial charge in [-0.25, -0.2) is 4.79 Å². The largest absolute Gasteiger partial charge is 0.477 e. The lowest BCUT2D eigenvalue weighted by molar-refractivity contribution is -0.320. The van der Waals surface area contributed by atoms with Crippen molar-refractivity contribution < 1.29 is 73.0 Å². The summed E-state index contributed by atoms with van der Waals surface area (Å²) >= 11 is 0. The Kier molecular flexibility index (Phi) is 23.5. The maximum Gasteiger partial charge on any atom is 0.341 e. The maximum absolute atomic E-state index is 14.6. The van der Waals surface area contributed by atoms with Gasteiger partial charge in [0.1, 0.15) is 35.6 Å². The van der Waals surface area contributed by atoms with Crippen LogP contribution in [0.4, 0.5) is 0 Å². The van der Waals surface area contributed by atoms with Crippen molar-refractivity contribution >= 4 is 28.9 Å². The Morgan fingerprint density at radius 1 is 0.949 bits per heavy atom. The number of ether oxygens (including phenoxy) is 8. The molecule has 3 fully saturated rings. The average Bonchev–Trinajstić information content (AvgIpc) is 3.43. The van der Waals surface area contributed by atoms with Crippen LogP contribution in [0.1, 0.15) is 117 Å². The number of aromatic carboxylic acids is 1. The van der Waals surface area contributed by atoms with E-state index in [1.54, 1.807) is 45.4 Å². The second-order valence-electron chi connectivity index (χ2n) is 23.8. The summed E-state index contributed by atoms with van der Waals surface area (Å²) in [6.07, 6.45) is -2.42. The maximum atomic E-state index is 14.6. The van der Waals surface area contributed by atoms with E-state index < -0.39 is 107 Å². The predicted octanol–water partition coefficient (Wildman–Crippen LogP) is 4.62. The fourth-order valence-electron chi connectivity index (χ4n) is 11.9. The number of rotatable bonds is 19. The molecule has 78 heavy (non-hydrogen) atoms. The minimum absolute atomic E-state index is 0.176. The van der Waals surface area contributed by atoms with Gasteiger partial charge in [0.25, 0.3) is 0 Å². The molecule has 5 rings (SSSR count). The van der Waals surface area contributed by atoms with Crippen molar-refractivity contribution in [3.05, 3.63) is 51.8 Å². The number of fused-ring (bicyclic) bond motifs is 1. The summed E-state index contributed by atoms with van der Waals surface area (Å²) in [7, 11) is 11.1. The third kappa shape index (κ3) is 16.0. The van der Waals surface area contributed by atoms with Crippen LogP contribution in [0, 0.1) is 17.8 Å². The summed E-state index contributed by atoms with van der Waals surface area (Å²) in [5.41, 5.74) is -3.81. The van der Waals surface area contributed by atoms with E-state index in [4.69, 9.17) is 37.9 Å². The Bertz CT molecular complexity index is 2350. The van der Waals surface area contributed by atoms with E-state index >= 15 is 0 Å². The van der Waals surface area contributed by atoms with Gasteiger partial charge in [-0.1, -0.05) is 39.0 Å². The Morgan fingerprint density at radius 3 is 2.27 bits per heavy atom. The quantitative estimate of drug-likeness (QED) is 0.0953. The molecule has 444 valence electrons. The highest BCUT2D eigenvalue weighted by Gasteiger charge is 2.53. The first kappa shape index (κ1) is 65.4. The number of cyclic esters (lactones) is 1. The lowest BCUT2D eigenvalue weighted by Gasteiger charge is -2.49. The topological polar surface area (TPSA) is 241 Å². The van der Waals surface area contributed by atoms with Crippen molar-refractivity contribution in [3.63, 3.8) is 0 Å². The Morgan fingerprint density at radius 2 is 1.64 bits per heavy atom. The van der Waals surface area contributed by atoms with Gasteiger partial charge in [0.15, 0.2) is 12.6 Å². The first-order valence-electron chi connectivity index (χ1n) is 27.9. The normalized spacial score (nSPS) is 37.2. The van der Waals surface area contributed by atoms with Gasteiger partial charge in [-0.3, -0.25) is 9.59 Å². The van der Waals surface area contributed by atoms with Gasteiger partial charge < -0.3 is 82.7 Å². The first-order chi connectivity index (χ1) is 36.5. The number of likely N-dealkylation sites (N-methyl/N-ethyl adjacent to an activating group) is 3. The highest BCUT2D eigenvalue weighted by atomic mass is 16.7. The number of carboxylic acids is 1. The molecule has 2 aromatic rings. The molecular formula is C58H96N4O16. The summed E-state index contributed by atoms with van der Waals surface area (Å²) in [5.74, 6) is -3.99. The monoisotopic (exact) mass is 1100 g/mol. The molecule has 3 saturated heterocycles. The van der Waals surface area contributed by atoms with E-state index in [1.165, 1.54) is 13.1 Å². The predicted molar refractivity (Wildman–Crippen MR) is 296 cm³/mol. The zero-order chi connectivity index (χ0) is 58.2. The van der Waals surface area contributed by atoms with Crippen molar-refractivity contribution in [2.24, 2.45) is 17.8 Å². The Hall–Kier alpha value is -3.45. The second-order valence-corrected chi connectivity index (χ2v) is 23.8. The van der Waals surface area contributed by atoms with E-state index in [-0.39, 0.29) is 49.5 Å². The van der Waals surface area contributed by atoms with Crippen LogP contribution in [-0.4, -0.2) is 222 Å². The zero-order valence-corrected chi connectivity index (χ0v) is 49.4. The van der Waals surface area contributed by atoms with Gasteiger partial charge in [-0.05, 0) is 133 Å². The van der Waals surface area contributed by atoms with E-state index in [9.17, 15) is 39.9 Å². The second kappa shape index (κ2) is 28.0. The molecule has 1 aromatic carbocycles. The molecule has 3 aliphatic rings. The lowest BCUT2D eigenvalue weighted by atomic mass is 9.77. The molecule has 18 atom stereocenters. The molecule has 4 heterocycles. The van der Waals surface area contributed by atoms with Crippen LogP contribution in [0.25, 0.3) is 17.0 Å². The number of carbonyl (C=O) groups is 2. The molecule has 3 aliphatic heterocycles. The molecule has 0 spiro atoms. The number of aromatic nitrogens is 1. The number of hydrogen-bond donors (Lipinski definition) is 5. The van der Waals surface area contributed by atoms with Crippen LogP contribution in [-0.2, 0) is 49.2 Å².